The van der Waals surface area contributed by atoms with Crippen LogP contribution in [0.1, 0.15) is 0 Å². The van der Waals surface area contributed by atoms with Crippen molar-refractivity contribution in [2.75, 3.05) is 27.5 Å². The Morgan fingerprint density at radius 3 is 2.83 bits per heavy atom. The van der Waals surface area contributed by atoms with Gasteiger partial charge in [-0.15, -0.1) is 0 Å². The maximum Gasteiger partial charge on any atom is 0.234 e. The van der Waals surface area contributed by atoms with E-state index in [2.05, 4.69) is 26.2 Å². The number of thioether (sulfide) groups is 1. The first kappa shape index (κ1) is 21.6. The van der Waals surface area contributed by atoms with Gasteiger partial charge >= 0.3 is 0 Å². The Kier molecular flexibility index (Phi) is 6.11. The Morgan fingerprint density at radius 1 is 1.30 bits per heavy atom. The molecule has 0 bridgehead atoms. The van der Waals surface area contributed by atoms with Crippen molar-refractivity contribution in [3.8, 4) is 0 Å². The van der Waals surface area contributed by atoms with Crippen LogP contribution in [0.25, 0.3) is 0 Å². The fourth-order valence-corrected chi connectivity index (χ4v) is 6.77. The van der Waals surface area contributed by atoms with Crippen molar-refractivity contribution in [2.45, 2.75) is 12.1 Å². The Hall–Kier alpha value is -1.62. The monoisotopic (exact) mass is 531 g/mol. The second-order valence-electron chi connectivity index (χ2n) is 6.94. The number of amidine groups is 1. The van der Waals surface area contributed by atoms with E-state index in [-0.39, 0.29) is 28.9 Å². The molecule has 0 radical (unpaired) electrons. The molecule has 1 amide bonds. The van der Waals surface area contributed by atoms with Crippen LogP contribution in [0.4, 0.5) is 15.8 Å². The molecule has 2 aliphatic rings. The van der Waals surface area contributed by atoms with Crippen molar-refractivity contribution < 1.29 is 17.6 Å². The number of aliphatic imine (C=N–C) groups is 1. The van der Waals surface area contributed by atoms with Crippen molar-refractivity contribution in [3.05, 3.63) is 57.8 Å². The second-order valence-corrected chi connectivity index (χ2v) is 11.4. The highest BCUT2D eigenvalue weighted by Crippen LogP contribution is 2.37. The first-order valence-electron chi connectivity index (χ1n) is 8.92. The zero-order chi connectivity index (χ0) is 21.5. The summed E-state index contributed by atoms with van der Waals surface area (Å²) in [5.74, 6) is -0.913. The lowest BCUT2D eigenvalue weighted by molar-refractivity contribution is -0.113. The van der Waals surface area contributed by atoms with Crippen LogP contribution >= 0.6 is 39.3 Å². The van der Waals surface area contributed by atoms with Crippen molar-refractivity contribution in [3.63, 3.8) is 0 Å². The third-order valence-electron chi connectivity index (χ3n) is 4.72. The van der Waals surface area contributed by atoms with E-state index in [1.165, 1.54) is 6.07 Å². The van der Waals surface area contributed by atoms with E-state index in [9.17, 15) is 17.6 Å². The Labute approximate surface area is 190 Å². The summed E-state index contributed by atoms with van der Waals surface area (Å²) in [5, 5.41) is 3.69. The first-order valence-corrected chi connectivity index (χ1v) is 12.9. The predicted molar refractivity (Wildman–Crippen MR) is 123 cm³/mol. The molecule has 1 saturated heterocycles. The molecule has 2 aromatic carbocycles. The maximum absolute atomic E-state index is 14.7. The molecular weight excluding hydrogens is 517 g/mol. The van der Waals surface area contributed by atoms with Gasteiger partial charge in [0.1, 0.15) is 5.82 Å². The van der Waals surface area contributed by atoms with Crippen molar-refractivity contribution in [1.29, 1.82) is 0 Å². The van der Waals surface area contributed by atoms with E-state index >= 15 is 0 Å². The van der Waals surface area contributed by atoms with Gasteiger partial charge in [-0.3, -0.25) is 9.79 Å². The molecule has 30 heavy (non-hydrogen) atoms. The Bertz CT molecular complexity index is 1150. The highest BCUT2D eigenvalue weighted by atomic mass is 79.9. The third-order valence-corrected chi connectivity index (χ3v) is 8.11. The van der Waals surface area contributed by atoms with Gasteiger partial charge in [0, 0.05) is 15.2 Å². The topological polar surface area (TPSA) is 78.8 Å². The number of anilines is 2. The number of nitrogens with zero attached hydrogens (tertiary/aromatic N) is 2. The van der Waals surface area contributed by atoms with E-state index in [0.717, 1.165) is 11.8 Å². The molecule has 0 spiro atoms. The van der Waals surface area contributed by atoms with Crippen molar-refractivity contribution in [1.82, 2.24) is 0 Å². The molecule has 2 heterocycles. The average Bonchev–Trinajstić information content (AvgIpc) is 3.11. The van der Waals surface area contributed by atoms with Crippen LogP contribution in [-0.2, 0) is 14.6 Å². The average molecular weight is 533 g/mol. The second kappa shape index (κ2) is 8.49. The van der Waals surface area contributed by atoms with Gasteiger partial charge in [-0.2, -0.15) is 0 Å². The highest BCUT2D eigenvalue weighted by Gasteiger charge is 2.47. The fraction of sp³-hybridized carbons (Fsp3) is 0.263. The lowest BCUT2D eigenvalue weighted by atomic mass is 10.1. The summed E-state index contributed by atoms with van der Waals surface area (Å²) < 4.78 is 39.4. The number of fused-ring (bicyclic) bond motifs is 1. The van der Waals surface area contributed by atoms with Gasteiger partial charge in [-0.05, 0) is 36.4 Å². The molecule has 158 valence electrons. The summed E-state index contributed by atoms with van der Waals surface area (Å²) in [4.78, 5) is 18.5. The molecule has 4 rings (SSSR count). The molecule has 0 aromatic heterocycles. The van der Waals surface area contributed by atoms with Gasteiger partial charge < -0.3 is 10.2 Å². The molecule has 2 aliphatic heterocycles. The van der Waals surface area contributed by atoms with E-state index in [4.69, 9.17) is 11.6 Å². The minimum Gasteiger partial charge on any atom is -0.325 e. The van der Waals surface area contributed by atoms with Gasteiger partial charge in [0.25, 0.3) is 0 Å². The normalized spacial score (nSPS) is 22.0. The summed E-state index contributed by atoms with van der Waals surface area (Å²) in [6, 6.07) is 10.4. The van der Waals surface area contributed by atoms with Crippen LogP contribution in [0.2, 0.25) is 5.02 Å². The lowest BCUT2D eigenvalue weighted by Crippen LogP contribution is -2.40. The zero-order valence-corrected chi connectivity index (χ0v) is 19.4. The summed E-state index contributed by atoms with van der Waals surface area (Å²) in [7, 11) is -3.25. The fourth-order valence-electron chi connectivity index (χ4n) is 3.48. The molecule has 2 atom stereocenters. The Morgan fingerprint density at radius 2 is 2.10 bits per heavy atom. The summed E-state index contributed by atoms with van der Waals surface area (Å²) in [6.45, 7) is 0. The maximum atomic E-state index is 14.7. The van der Waals surface area contributed by atoms with Crippen molar-refractivity contribution in [2.24, 2.45) is 4.99 Å². The number of amides is 1. The lowest BCUT2D eigenvalue weighted by Gasteiger charge is -2.26. The predicted octanol–water partition coefficient (Wildman–Crippen LogP) is 3.96. The standard InChI is InChI=1S/C19H16BrClFN3O3S2/c20-11-4-5-16(14(22)6-11)25-17-10-30(27,28)9-15(17)24-19(25)29-8-18(26)23-13-3-1-2-12(21)7-13/h1-7,15,17H,8-10H2,(H,23,26)/t15-,17-/m0/s1. The Balaban J connectivity index is 1.53. The molecular formula is C19H16BrClFN3O3S2. The first-order chi connectivity index (χ1) is 14.2. The molecule has 0 saturated carbocycles. The molecule has 1 fully saturated rings. The van der Waals surface area contributed by atoms with Crippen LogP contribution < -0.4 is 10.2 Å². The number of carbonyl (C=O) groups is 1. The van der Waals surface area contributed by atoms with Crippen LogP contribution in [0.5, 0.6) is 0 Å². The number of sulfone groups is 1. The van der Waals surface area contributed by atoms with Gasteiger partial charge in [0.2, 0.25) is 5.91 Å². The SMILES string of the molecule is O=C(CSC1=N[C@H]2CS(=O)(=O)C[C@@H]2N1c1ccc(Br)cc1F)Nc1cccc(Cl)c1. The minimum atomic E-state index is -3.25. The summed E-state index contributed by atoms with van der Waals surface area (Å²) >= 11 is 10.3. The number of hydrogen-bond acceptors (Lipinski definition) is 6. The van der Waals surface area contributed by atoms with Gasteiger partial charge in [0.05, 0.1) is 35.0 Å². The van der Waals surface area contributed by atoms with E-state index < -0.39 is 27.7 Å². The van der Waals surface area contributed by atoms with E-state index in [0.29, 0.717) is 20.4 Å². The molecule has 0 unspecified atom stereocenters. The smallest absolute Gasteiger partial charge is 0.234 e. The highest BCUT2D eigenvalue weighted by molar-refractivity contribution is 9.10. The summed E-state index contributed by atoms with van der Waals surface area (Å²) in [6.07, 6.45) is 0. The van der Waals surface area contributed by atoms with Crippen LogP contribution in [0.3, 0.4) is 0 Å². The van der Waals surface area contributed by atoms with Gasteiger partial charge in [0.15, 0.2) is 15.0 Å². The number of halogens is 3. The van der Waals surface area contributed by atoms with Crippen LogP contribution in [-0.4, -0.2) is 48.8 Å². The number of benzene rings is 2. The van der Waals surface area contributed by atoms with Crippen LogP contribution in [0, 0.1) is 5.82 Å². The quantitative estimate of drug-likeness (QED) is 0.645. The molecule has 6 nitrogen and oxygen atoms in total. The molecule has 1 N–H and O–H groups in total. The van der Waals surface area contributed by atoms with E-state index in [1.54, 1.807) is 41.3 Å². The van der Waals surface area contributed by atoms with Crippen molar-refractivity contribution >= 4 is 71.6 Å². The van der Waals surface area contributed by atoms with Crippen LogP contribution in [0.15, 0.2) is 51.9 Å². The third kappa shape index (κ3) is 4.66. The van der Waals surface area contributed by atoms with Gasteiger partial charge in [-0.25, -0.2) is 12.8 Å². The molecule has 0 aliphatic carbocycles. The number of nitrogens with one attached hydrogen (secondary N) is 1. The number of rotatable bonds is 4. The minimum absolute atomic E-state index is 0.0339. The van der Waals surface area contributed by atoms with E-state index in [1.807, 2.05) is 0 Å². The zero-order valence-electron chi connectivity index (χ0n) is 15.4. The molecule has 11 heteroatoms. The number of carbonyl (C=O) groups excluding carboxylic acids is 1. The molecule has 2 aromatic rings. The summed E-state index contributed by atoms with van der Waals surface area (Å²) in [5.41, 5.74) is 0.810. The number of hydrogen-bond donors (Lipinski definition) is 1. The van der Waals surface area contributed by atoms with Gasteiger partial charge in [-0.1, -0.05) is 45.4 Å². The largest absolute Gasteiger partial charge is 0.325 e.